The van der Waals surface area contributed by atoms with Crippen molar-refractivity contribution >= 4 is 34.7 Å². The lowest BCUT2D eigenvalue weighted by atomic mass is 10.0. The van der Waals surface area contributed by atoms with Crippen molar-refractivity contribution in [2.24, 2.45) is 0 Å². The van der Waals surface area contributed by atoms with Crippen LogP contribution in [-0.4, -0.2) is 47.6 Å². The number of carbonyl (C=O) groups is 1. The van der Waals surface area contributed by atoms with Crippen molar-refractivity contribution in [3.8, 4) is 40.0 Å². The first-order chi connectivity index (χ1) is 18.5. The molecule has 0 spiro atoms. The minimum absolute atomic E-state index is 0.00400. The molecule has 0 bridgehead atoms. The highest BCUT2D eigenvalue weighted by Gasteiger charge is 2.20. The summed E-state index contributed by atoms with van der Waals surface area (Å²) in [5.74, 6) is 0.845. The van der Waals surface area contributed by atoms with E-state index in [0.29, 0.717) is 28.4 Å². The van der Waals surface area contributed by atoms with E-state index < -0.39 is 5.97 Å². The first-order valence-electron chi connectivity index (χ1n) is 11.4. The Labute approximate surface area is 222 Å². The molecule has 0 aliphatic rings. The SMILES string of the molecule is COc1cc(OC)cc(-c2nnc(S/C(=C\c3c(-c4ccccc4)[nH]c4ccc(OC)cc34)C(=O)O)o2)c1. The summed E-state index contributed by atoms with van der Waals surface area (Å²) in [6.07, 6.45) is 1.60. The minimum atomic E-state index is -1.13. The lowest BCUT2D eigenvalue weighted by Gasteiger charge is -2.06. The maximum Gasteiger partial charge on any atom is 0.342 e. The molecule has 192 valence electrons. The van der Waals surface area contributed by atoms with Crippen molar-refractivity contribution in [2.75, 3.05) is 21.3 Å². The Bertz CT molecular complexity index is 1620. The molecule has 2 N–H and O–H groups in total. The van der Waals surface area contributed by atoms with Crippen molar-refractivity contribution in [3.63, 3.8) is 0 Å². The summed E-state index contributed by atoms with van der Waals surface area (Å²) in [6, 6.07) is 20.5. The molecule has 0 unspecified atom stereocenters. The fraction of sp³-hybridized carbons (Fsp3) is 0.107. The molecular formula is C28H23N3O6S. The van der Waals surface area contributed by atoms with Crippen LogP contribution >= 0.6 is 11.8 Å². The number of rotatable bonds is 9. The lowest BCUT2D eigenvalue weighted by molar-refractivity contribution is -0.131. The van der Waals surface area contributed by atoms with Crippen LogP contribution in [0.5, 0.6) is 17.2 Å². The van der Waals surface area contributed by atoms with Crippen molar-refractivity contribution in [3.05, 3.63) is 77.2 Å². The van der Waals surface area contributed by atoms with Gasteiger partial charge in [0.05, 0.1) is 27.0 Å². The Balaban J connectivity index is 1.56. The number of benzene rings is 3. The molecule has 5 rings (SSSR count). The summed E-state index contributed by atoms with van der Waals surface area (Å²) < 4.78 is 21.8. The molecule has 5 aromatic rings. The summed E-state index contributed by atoms with van der Waals surface area (Å²) in [6.45, 7) is 0. The Kier molecular flexibility index (Phi) is 7.05. The van der Waals surface area contributed by atoms with Crippen LogP contribution in [0.3, 0.4) is 0 Å². The van der Waals surface area contributed by atoms with Crippen LogP contribution < -0.4 is 14.2 Å². The Morgan fingerprint density at radius 3 is 2.26 bits per heavy atom. The van der Waals surface area contributed by atoms with Gasteiger partial charge in [-0.15, -0.1) is 10.2 Å². The highest BCUT2D eigenvalue weighted by Crippen LogP contribution is 2.37. The average Bonchev–Trinajstić information content (AvgIpc) is 3.57. The molecule has 0 aliphatic carbocycles. The van der Waals surface area contributed by atoms with Gasteiger partial charge in [-0.05, 0) is 53.7 Å². The molecule has 10 heteroatoms. The molecule has 0 saturated heterocycles. The number of H-pyrrole nitrogens is 1. The number of aliphatic carboxylic acids is 1. The molecule has 0 saturated carbocycles. The molecule has 0 amide bonds. The fourth-order valence-corrected chi connectivity index (χ4v) is 4.61. The van der Waals surface area contributed by atoms with E-state index in [1.807, 2.05) is 48.5 Å². The maximum atomic E-state index is 12.3. The van der Waals surface area contributed by atoms with Gasteiger partial charge < -0.3 is 28.7 Å². The second kappa shape index (κ2) is 10.7. The van der Waals surface area contributed by atoms with Gasteiger partial charge in [0.2, 0.25) is 5.89 Å². The van der Waals surface area contributed by atoms with Crippen molar-refractivity contribution in [2.45, 2.75) is 5.22 Å². The van der Waals surface area contributed by atoms with Crippen molar-refractivity contribution < 1.29 is 28.5 Å². The predicted octanol–water partition coefficient (Wildman–Crippen LogP) is 6.13. The average molecular weight is 530 g/mol. The van der Waals surface area contributed by atoms with E-state index in [2.05, 4.69) is 15.2 Å². The lowest BCUT2D eigenvalue weighted by Crippen LogP contribution is -1.97. The van der Waals surface area contributed by atoms with Crippen LogP contribution in [-0.2, 0) is 4.79 Å². The van der Waals surface area contributed by atoms with Crippen LogP contribution in [0.15, 0.2) is 81.3 Å². The normalized spacial score (nSPS) is 11.5. The summed E-state index contributed by atoms with van der Waals surface area (Å²) in [5.41, 5.74) is 3.82. The number of nitrogens with one attached hydrogen (secondary N) is 1. The quantitative estimate of drug-likeness (QED) is 0.172. The molecule has 0 atom stereocenters. The zero-order valence-electron chi connectivity index (χ0n) is 20.7. The number of hydrogen-bond acceptors (Lipinski definition) is 8. The predicted molar refractivity (Wildman–Crippen MR) is 145 cm³/mol. The summed E-state index contributed by atoms with van der Waals surface area (Å²) in [7, 11) is 4.67. The molecular weight excluding hydrogens is 506 g/mol. The number of fused-ring (bicyclic) bond motifs is 1. The molecule has 2 heterocycles. The number of carboxylic acids is 1. The Hall–Kier alpha value is -4.70. The molecule has 2 aromatic heterocycles. The van der Waals surface area contributed by atoms with E-state index in [4.69, 9.17) is 18.6 Å². The number of thioether (sulfide) groups is 1. The Morgan fingerprint density at radius 1 is 0.895 bits per heavy atom. The number of hydrogen-bond donors (Lipinski definition) is 2. The van der Waals surface area contributed by atoms with Gasteiger partial charge in [-0.25, -0.2) is 4.79 Å². The number of carboxylic acid groups (broad SMARTS) is 1. The van der Waals surface area contributed by atoms with Gasteiger partial charge in [0.15, 0.2) is 0 Å². The zero-order valence-corrected chi connectivity index (χ0v) is 21.5. The van der Waals surface area contributed by atoms with E-state index in [-0.39, 0.29) is 16.0 Å². The third-order valence-electron chi connectivity index (χ3n) is 5.80. The van der Waals surface area contributed by atoms with Crippen LogP contribution in [0, 0.1) is 0 Å². The van der Waals surface area contributed by atoms with Gasteiger partial charge in [0.25, 0.3) is 5.22 Å². The third kappa shape index (κ3) is 5.07. The third-order valence-corrected chi connectivity index (χ3v) is 6.65. The van der Waals surface area contributed by atoms with Crippen molar-refractivity contribution in [1.29, 1.82) is 0 Å². The van der Waals surface area contributed by atoms with E-state index >= 15 is 0 Å². The maximum absolute atomic E-state index is 12.3. The largest absolute Gasteiger partial charge is 0.497 e. The second-order valence-corrected chi connectivity index (χ2v) is 9.07. The Morgan fingerprint density at radius 2 is 1.61 bits per heavy atom. The summed E-state index contributed by atoms with van der Waals surface area (Å²) in [5, 5.41) is 19.1. The summed E-state index contributed by atoms with van der Waals surface area (Å²) in [4.78, 5) is 15.7. The molecule has 38 heavy (non-hydrogen) atoms. The molecule has 0 aliphatic heterocycles. The fourth-order valence-electron chi connectivity index (χ4n) is 3.96. The minimum Gasteiger partial charge on any atom is -0.497 e. The topological polar surface area (TPSA) is 120 Å². The number of methoxy groups -OCH3 is 3. The second-order valence-electron chi connectivity index (χ2n) is 8.08. The van der Waals surface area contributed by atoms with Crippen LogP contribution in [0.2, 0.25) is 0 Å². The summed E-state index contributed by atoms with van der Waals surface area (Å²) >= 11 is 0.867. The van der Waals surface area contributed by atoms with Crippen LogP contribution in [0.4, 0.5) is 0 Å². The van der Waals surface area contributed by atoms with Crippen LogP contribution in [0.1, 0.15) is 5.56 Å². The molecule has 0 fully saturated rings. The van der Waals surface area contributed by atoms with E-state index in [0.717, 1.165) is 33.9 Å². The zero-order chi connectivity index (χ0) is 26.6. The monoisotopic (exact) mass is 529 g/mol. The highest BCUT2D eigenvalue weighted by molar-refractivity contribution is 8.03. The highest BCUT2D eigenvalue weighted by atomic mass is 32.2. The number of nitrogens with zero attached hydrogens (tertiary/aromatic N) is 2. The van der Waals surface area contributed by atoms with Gasteiger partial charge in [0.1, 0.15) is 22.2 Å². The smallest absolute Gasteiger partial charge is 0.342 e. The van der Waals surface area contributed by atoms with E-state index in [1.54, 1.807) is 45.6 Å². The van der Waals surface area contributed by atoms with Gasteiger partial charge in [-0.1, -0.05) is 30.3 Å². The molecule has 9 nitrogen and oxygen atoms in total. The van der Waals surface area contributed by atoms with Crippen LogP contribution in [0.25, 0.3) is 39.7 Å². The first kappa shape index (κ1) is 25.0. The number of ether oxygens (including phenoxy) is 3. The molecule has 0 radical (unpaired) electrons. The van der Waals surface area contributed by atoms with Gasteiger partial charge >= 0.3 is 5.97 Å². The van der Waals surface area contributed by atoms with E-state index in [9.17, 15) is 9.90 Å². The van der Waals surface area contributed by atoms with Gasteiger partial charge in [0, 0.05) is 28.1 Å². The van der Waals surface area contributed by atoms with Crippen molar-refractivity contribution in [1.82, 2.24) is 15.2 Å². The number of aromatic nitrogens is 3. The number of aromatic amines is 1. The van der Waals surface area contributed by atoms with Gasteiger partial charge in [-0.3, -0.25) is 0 Å². The van der Waals surface area contributed by atoms with Gasteiger partial charge in [-0.2, -0.15) is 0 Å². The van der Waals surface area contributed by atoms with E-state index in [1.165, 1.54) is 0 Å². The molecule has 3 aromatic carbocycles. The standard InChI is InChI=1S/C28H23N3O6S/c1-34-18-9-10-23-21(14-18)22(25(29-23)16-7-5-4-6-8-16)15-24(27(32)33)38-28-31-30-26(37-28)17-11-19(35-2)13-20(12-17)36-3/h4-15,29H,1-3H3,(H,32,33)/b24-15-. The first-order valence-corrected chi connectivity index (χ1v) is 12.3.